The maximum atomic E-state index is 3.76. The minimum absolute atomic E-state index is 0.768. The second-order valence-corrected chi connectivity index (χ2v) is 4.12. The van der Waals surface area contributed by atoms with Crippen molar-refractivity contribution in [2.75, 3.05) is 26.7 Å². The average molecular weight is 212 g/mol. The van der Waals surface area contributed by atoms with Gasteiger partial charge in [0.1, 0.15) is 0 Å². The molecule has 0 saturated carbocycles. The van der Waals surface area contributed by atoms with Gasteiger partial charge in [0.2, 0.25) is 0 Å². The fraction of sp³-hybridized carbons (Fsp3) is 0.846. The molecule has 0 radical (unpaired) electrons. The molecule has 0 unspecified atom stereocenters. The van der Waals surface area contributed by atoms with Gasteiger partial charge in [-0.05, 0) is 32.0 Å². The third-order valence-corrected chi connectivity index (χ3v) is 3.13. The molecular weight excluding hydrogens is 184 g/mol. The summed E-state index contributed by atoms with van der Waals surface area (Å²) >= 11 is 0. The highest BCUT2D eigenvalue weighted by Gasteiger charge is 2.12. The summed E-state index contributed by atoms with van der Waals surface area (Å²) in [6.45, 7) is 14.1. The SMILES string of the molecule is C=CN(C)CCCN(CC)C(CC)CC. The van der Waals surface area contributed by atoms with Crippen LogP contribution in [0, 0.1) is 0 Å². The molecular formula is C13H28N2. The van der Waals surface area contributed by atoms with Crippen molar-refractivity contribution in [3.05, 3.63) is 12.8 Å². The molecule has 0 saturated heterocycles. The lowest BCUT2D eigenvalue weighted by molar-refractivity contribution is 0.188. The van der Waals surface area contributed by atoms with E-state index in [-0.39, 0.29) is 0 Å². The molecule has 0 atom stereocenters. The zero-order valence-corrected chi connectivity index (χ0v) is 11.0. The molecule has 2 nitrogen and oxygen atoms in total. The molecule has 0 fully saturated rings. The van der Waals surface area contributed by atoms with Crippen LogP contribution in [0.3, 0.4) is 0 Å². The molecule has 0 aliphatic heterocycles. The second-order valence-electron chi connectivity index (χ2n) is 4.12. The van der Waals surface area contributed by atoms with E-state index in [1.807, 2.05) is 6.20 Å². The van der Waals surface area contributed by atoms with Gasteiger partial charge in [-0.15, -0.1) is 0 Å². The van der Waals surface area contributed by atoms with Crippen molar-refractivity contribution in [2.45, 2.75) is 46.1 Å². The van der Waals surface area contributed by atoms with Crippen molar-refractivity contribution in [2.24, 2.45) is 0 Å². The van der Waals surface area contributed by atoms with Crippen molar-refractivity contribution in [1.82, 2.24) is 9.80 Å². The molecule has 90 valence electrons. The molecule has 0 aromatic rings. The molecule has 0 aromatic carbocycles. The molecule has 0 rings (SSSR count). The molecule has 0 aliphatic rings. The minimum Gasteiger partial charge on any atom is -0.381 e. The van der Waals surface area contributed by atoms with Crippen LogP contribution in [0.5, 0.6) is 0 Å². The van der Waals surface area contributed by atoms with Crippen LogP contribution in [0.1, 0.15) is 40.0 Å². The number of nitrogens with zero attached hydrogens (tertiary/aromatic N) is 2. The zero-order chi connectivity index (χ0) is 11.7. The summed E-state index contributed by atoms with van der Waals surface area (Å²) in [6.07, 6.45) is 5.66. The Morgan fingerprint density at radius 3 is 2.13 bits per heavy atom. The molecule has 0 aromatic heterocycles. The van der Waals surface area contributed by atoms with E-state index in [9.17, 15) is 0 Å². The van der Waals surface area contributed by atoms with Crippen molar-refractivity contribution in [3.8, 4) is 0 Å². The third-order valence-electron chi connectivity index (χ3n) is 3.13. The fourth-order valence-corrected chi connectivity index (χ4v) is 2.02. The molecule has 0 N–H and O–H groups in total. The Morgan fingerprint density at radius 1 is 1.13 bits per heavy atom. The Balaban J connectivity index is 3.83. The summed E-state index contributed by atoms with van der Waals surface area (Å²) in [7, 11) is 2.08. The first-order valence-electron chi connectivity index (χ1n) is 6.26. The zero-order valence-electron chi connectivity index (χ0n) is 11.0. The van der Waals surface area contributed by atoms with E-state index >= 15 is 0 Å². The molecule has 0 aliphatic carbocycles. The Hall–Kier alpha value is -0.500. The van der Waals surface area contributed by atoms with Gasteiger partial charge in [0, 0.05) is 26.2 Å². The lowest BCUT2D eigenvalue weighted by Crippen LogP contribution is -2.36. The third kappa shape index (κ3) is 5.83. The van der Waals surface area contributed by atoms with Gasteiger partial charge >= 0.3 is 0 Å². The van der Waals surface area contributed by atoms with E-state index in [2.05, 4.69) is 44.2 Å². The standard InChI is InChI=1S/C13H28N2/c1-6-13(7-2)15(9-4)12-10-11-14(5)8-3/h8,13H,3,6-7,9-12H2,1-2,4-5H3. The maximum absolute atomic E-state index is 3.76. The summed E-state index contributed by atoms with van der Waals surface area (Å²) in [4.78, 5) is 4.75. The van der Waals surface area contributed by atoms with E-state index < -0.39 is 0 Å². The normalized spacial score (nSPS) is 11.1. The van der Waals surface area contributed by atoms with Gasteiger partial charge in [0.25, 0.3) is 0 Å². The summed E-state index contributed by atoms with van der Waals surface area (Å²) in [5, 5.41) is 0. The maximum Gasteiger partial charge on any atom is 0.0181 e. The van der Waals surface area contributed by atoms with Gasteiger partial charge in [0.05, 0.1) is 0 Å². The minimum atomic E-state index is 0.768. The fourth-order valence-electron chi connectivity index (χ4n) is 2.02. The van der Waals surface area contributed by atoms with Crippen molar-refractivity contribution < 1.29 is 0 Å². The van der Waals surface area contributed by atoms with Gasteiger partial charge in [-0.25, -0.2) is 0 Å². The molecule has 0 bridgehead atoms. The van der Waals surface area contributed by atoms with E-state index in [0.29, 0.717) is 0 Å². The van der Waals surface area contributed by atoms with E-state index in [1.165, 1.54) is 32.4 Å². The number of rotatable bonds is 9. The highest BCUT2D eigenvalue weighted by atomic mass is 15.2. The summed E-state index contributed by atoms with van der Waals surface area (Å²) in [5.74, 6) is 0. The van der Waals surface area contributed by atoms with E-state index in [1.54, 1.807) is 0 Å². The molecule has 0 heterocycles. The Bertz CT molecular complexity index is 153. The predicted octanol–water partition coefficient (Wildman–Crippen LogP) is 2.96. The second kappa shape index (κ2) is 8.78. The van der Waals surface area contributed by atoms with Crippen molar-refractivity contribution >= 4 is 0 Å². The largest absolute Gasteiger partial charge is 0.381 e. The van der Waals surface area contributed by atoms with Gasteiger partial charge in [0.15, 0.2) is 0 Å². The Labute approximate surface area is 95.9 Å². The van der Waals surface area contributed by atoms with Crippen LogP contribution in [0.2, 0.25) is 0 Å². The number of hydrogen-bond donors (Lipinski definition) is 0. The van der Waals surface area contributed by atoms with Gasteiger partial charge in [-0.2, -0.15) is 0 Å². The molecule has 0 amide bonds. The summed E-state index contributed by atoms with van der Waals surface area (Å²) in [5.41, 5.74) is 0. The van der Waals surface area contributed by atoms with Gasteiger partial charge in [-0.1, -0.05) is 27.4 Å². The highest BCUT2D eigenvalue weighted by molar-refractivity contribution is 4.70. The van der Waals surface area contributed by atoms with Crippen LogP contribution in [0.15, 0.2) is 12.8 Å². The van der Waals surface area contributed by atoms with Crippen molar-refractivity contribution in [3.63, 3.8) is 0 Å². The molecule has 0 spiro atoms. The topological polar surface area (TPSA) is 6.48 Å². The first-order chi connectivity index (χ1) is 7.19. The van der Waals surface area contributed by atoms with Crippen LogP contribution in [-0.4, -0.2) is 42.5 Å². The van der Waals surface area contributed by atoms with Crippen LogP contribution in [0.4, 0.5) is 0 Å². The monoisotopic (exact) mass is 212 g/mol. The first kappa shape index (κ1) is 14.5. The predicted molar refractivity (Wildman–Crippen MR) is 69.1 cm³/mol. The lowest BCUT2D eigenvalue weighted by Gasteiger charge is -2.29. The van der Waals surface area contributed by atoms with E-state index in [4.69, 9.17) is 0 Å². The average Bonchev–Trinajstić information content (AvgIpc) is 2.27. The number of hydrogen-bond acceptors (Lipinski definition) is 2. The molecule has 2 heteroatoms. The van der Waals surface area contributed by atoms with Gasteiger partial charge < -0.3 is 9.80 Å². The van der Waals surface area contributed by atoms with Gasteiger partial charge in [-0.3, -0.25) is 0 Å². The quantitative estimate of drug-likeness (QED) is 0.580. The van der Waals surface area contributed by atoms with E-state index in [0.717, 1.165) is 12.6 Å². The van der Waals surface area contributed by atoms with Crippen LogP contribution < -0.4 is 0 Å². The Morgan fingerprint density at radius 2 is 1.73 bits per heavy atom. The molecule has 15 heavy (non-hydrogen) atoms. The highest BCUT2D eigenvalue weighted by Crippen LogP contribution is 2.08. The summed E-state index contributed by atoms with van der Waals surface area (Å²) in [6, 6.07) is 0.768. The summed E-state index contributed by atoms with van der Waals surface area (Å²) < 4.78 is 0. The lowest BCUT2D eigenvalue weighted by atomic mass is 10.1. The smallest absolute Gasteiger partial charge is 0.0181 e. The Kier molecular flexibility index (Phi) is 8.49. The first-order valence-corrected chi connectivity index (χ1v) is 6.26. The van der Waals surface area contributed by atoms with Crippen LogP contribution in [0.25, 0.3) is 0 Å². The van der Waals surface area contributed by atoms with Crippen LogP contribution in [-0.2, 0) is 0 Å². The van der Waals surface area contributed by atoms with Crippen LogP contribution >= 0.6 is 0 Å². The van der Waals surface area contributed by atoms with Crippen molar-refractivity contribution in [1.29, 1.82) is 0 Å².